The lowest BCUT2D eigenvalue weighted by molar-refractivity contribution is -0.254. The molecule has 0 aromatic rings. The number of Topliss-reactive ketones (excluding diaryl/α,β-unsaturated/α-hetero) is 1. The molecule has 5 nitrogen and oxygen atoms in total. The molecule has 0 aromatic carbocycles. The van der Waals surface area contributed by atoms with Gasteiger partial charge in [-0.1, -0.05) is 13.8 Å². The molecule has 0 radical (unpaired) electrons. The van der Waals surface area contributed by atoms with Gasteiger partial charge in [0.15, 0.2) is 11.6 Å². The molecule has 6 rings (SSSR count). The number of ether oxygens (including phenoxy) is 4. The van der Waals surface area contributed by atoms with Crippen molar-refractivity contribution >= 4 is 5.78 Å². The summed E-state index contributed by atoms with van der Waals surface area (Å²) in [6.45, 7) is 7.58. The monoisotopic (exact) mass is 390 g/mol. The van der Waals surface area contributed by atoms with Gasteiger partial charge >= 0.3 is 0 Å². The van der Waals surface area contributed by atoms with Crippen molar-refractivity contribution in [3.8, 4) is 0 Å². The zero-order chi connectivity index (χ0) is 19.2. The van der Waals surface area contributed by atoms with E-state index in [0.717, 1.165) is 58.2 Å². The summed E-state index contributed by atoms with van der Waals surface area (Å²) in [5.74, 6) is 1.35. The molecule has 4 aliphatic carbocycles. The Bertz CT molecular complexity index is 678. The van der Waals surface area contributed by atoms with E-state index < -0.39 is 5.79 Å². The molecule has 6 aliphatic rings. The zero-order valence-corrected chi connectivity index (χ0v) is 17.3. The van der Waals surface area contributed by atoms with Gasteiger partial charge in [-0.05, 0) is 48.9 Å². The second-order valence-corrected chi connectivity index (χ2v) is 10.9. The maximum atomic E-state index is 13.5. The molecule has 156 valence electrons. The lowest BCUT2D eigenvalue weighted by Gasteiger charge is -2.61. The summed E-state index contributed by atoms with van der Waals surface area (Å²) in [5.41, 5.74) is 0.150. The number of hydrogen-bond donors (Lipinski definition) is 0. The van der Waals surface area contributed by atoms with Crippen LogP contribution in [0, 0.1) is 34.5 Å². The van der Waals surface area contributed by atoms with Crippen LogP contribution in [0.25, 0.3) is 0 Å². The molecule has 6 fully saturated rings. The normalized spacial score (nSPS) is 51.3. The van der Waals surface area contributed by atoms with Gasteiger partial charge < -0.3 is 18.9 Å². The topological polar surface area (TPSA) is 54.0 Å². The quantitative estimate of drug-likeness (QED) is 0.631. The van der Waals surface area contributed by atoms with E-state index in [1.165, 1.54) is 6.42 Å². The maximum Gasteiger partial charge on any atom is 0.174 e. The third-order valence-corrected chi connectivity index (χ3v) is 10.1. The Kier molecular flexibility index (Phi) is 3.79. The van der Waals surface area contributed by atoms with Crippen molar-refractivity contribution in [1.29, 1.82) is 0 Å². The first-order chi connectivity index (χ1) is 13.4. The van der Waals surface area contributed by atoms with Crippen LogP contribution in [-0.2, 0) is 23.7 Å². The Balaban J connectivity index is 1.31. The zero-order valence-electron chi connectivity index (χ0n) is 17.3. The van der Waals surface area contributed by atoms with Gasteiger partial charge in [0.2, 0.25) is 0 Å². The lowest BCUT2D eigenvalue weighted by Crippen LogP contribution is -2.60. The first-order valence-corrected chi connectivity index (χ1v) is 11.5. The molecule has 0 N–H and O–H groups in total. The van der Waals surface area contributed by atoms with E-state index in [0.29, 0.717) is 36.8 Å². The summed E-state index contributed by atoms with van der Waals surface area (Å²) in [5, 5.41) is 0. The van der Waals surface area contributed by atoms with Gasteiger partial charge in [-0.25, -0.2) is 0 Å². The highest BCUT2D eigenvalue weighted by Gasteiger charge is 2.69. The number of fused-ring (bicyclic) bond motifs is 6. The predicted molar refractivity (Wildman–Crippen MR) is 101 cm³/mol. The molecule has 5 heteroatoms. The van der Waals surface area contributed by atoms with Gasteiger partial charge in [-0.15, -0.1) is 0 Å². The van der Waals surface area contributed by atoms with Crippen LogP contribution < -0.4 is 0 Å². The Hall–Kier alpha value is -0.490. The highest BCUT2D eigenvalue weighted by atomic mass is 16.7. The summed E-state index contributed by atoms with van der Waals surface area (Å²) >= 11 is 0. The van der Waals surface area contributed by atoms with E-state index in [1.807, 2.05) is 0 Å². The smallest absolute Gasteiger partial charge is 0.174 e. The van der Waals surface area contributed by atoms with Crippen molar-refractivity contribution < 1.29 is 23.7 Å². The van der Waals surface area contributed by atoms with E-state index in [1.54, 1.807) is 0 Å². The van der Waals surface area contributed by atoms with Gasteiger partial charge in [0.25, 0.3) is 0 Å². The van der Waals surface area contributed by atoms with Crippen molar-refractivity contribution in [2.24, 2.45) is 34.5 Å². The predicted octanol–water partition coefficient (Wildman–Crippen LogP) is 3.69. The average molecular weight is 391 g/mol. The van der Waals surface area contributed by atoms with Crippen molar-refractivity contribution in [2.45, 2.75) is 76.8 Å². The second-order valence-electron chi connectivity index (χ2n) is 10.9. The fraction of sp³-hybridized carbons (Fsp3) is 0.957. The Labute approximate surface area is 167 Å². The highest BCUT2D eigenvalue weighted by molar-refractivity contribution is 5.83. The van der Waals surface area contributed by atoms with Crippen molar-refractivity contribution in [2.75, 3.05) is 26.4 Å². The molecular weight excluding hydrogens is 356 g/mol. The van der Waals surface area contributed by atoms with Crippen LogP contribution in [0.4, 0.5) is 0 Å². The SMILES string of the molecule is C[C@]12CCC3(CC1C(=O)C[C@@H]1[C@@H]2CC[C@@]2(C)[C@H]1CCC21OCCO1)OCCO3. The molecule has 0 bridgehead atoms. The summed E-state index contributed by atoms with van der Waals surface area (Å²) in [6.07, 6.45) is 7.98. The van der Waals surface area contributed by atoms with Crippen molar-refractivity contribution in [1.82, 2.24) is 0 Å². The molecule has 2 saturated heterocycles. The molecule has 0 amide bonds. The molecule has 4 saturated carbocycles. The summed E-state index contributed by atoms with van der Waals surface area (Å²) in [7, 11) is 0. The van der Waals surface area contributed by atoms with Crippen molar-refractivity contribution in [3.63, 3.8) is 0 Å². The molecule has 1 unspecified atom stereocenters. The molecular formula is C23H34O5. The molecule has 0 aromatic heterocycles. The van der Waals surface area contributed by atoms with Crippen LogP contribution >= 0.6 is 0 Å². The Morgan fingerprint density at radius 2 is 1.50 bits per heavy atom. The minimum Gasteiger partial charge on any atom is -0.348 e. The number of hydrogen-bond acceptors (Lipinski definition) is 5. The van der Waals surface area contributed by atoms with Gasteiger partial charge in [0.1, 0.15) is 5.78 Å². The van der Waals surface area contributed by atoms with E-state index in [-0.39, 0.29) is 22.5 Å². The standard InChI is InChI=1S/C23H34O5/c1-20-7-8-22(25-9-10-26-22)14-18(20)19(24)13-15-16(20)3-5-21(2)17(15)4-6-23(21)27-11-12-28-23/h15-18H,3-14H2,1-2H3/t15-,16+,17+,18?,20-,21+/m1/s1. The van der Waals surface area contributed by atoms with E-state index >= 15 is 0 Å². The van der Waals surface area contributed by atoms with Crippen LogP contribution in [0.3, 0.4) is 0 Å². The minimum absolute atomic E-state index is 0.0572. The molecule has 28 heavy (non-hydrogen) atoms. The fourth-order valence-electron chi connectivity index (χ4n) is 8.62. The second kappa shape index (κ2) is 5.81. The van der Waals surface area contributed by atoms with Crippen LogP contribution in [0.2, 0.25) is 0 Å². The van der Waals surface area contributed by atoms with Crippen LogP contribution in [-0.4, -0.2) is 43.8 Å². The largest absolute Gasteiger partial charge is 0.348 e. The van der Waals surface area contributed by atoms with Crippen LogP contribution in [0.5, 0.6) is 0 Å². The summed E-state index contributed by atoms with van der Waals surface area (Å²) in [6, 6.07) is 0. The minimum atomic E-state index is -0.473. The van der Waals surface area contributed by atoms with Gasteiger partial charge in [0.05, 0.1) is 26.4 Å². The van der Waals surface area contributed by atoms with E-state index in [2.05, 4.69) is 13.8 Å². The summed E-state index contributed by atoms with van der Waals surface area (Å²) < 4.78 is 24.5. The number of carbonyl (C=O) groups excluding carboxylic acids is 1. The van der Waals surface area contributed by atoms with Crippen LogP contribution in [0.15, 0.2) is 0 Å². The first-order valence-electron chi connectivity index (χ1n) is 11.5. The van der Waals surface area contributed by atoms with Crippen molar-refractivity contribution in [3.05, 3.63) is 0 Å². The molecule has 2 spiro atoms. The molecule has 6 atom stereocenters. The van der Waals surface area contributed by atoms with Gasteiger partial charge in [0, 0.05) is 37.0 Å². The summed E-state index contributed by atoms with van der Waals surface area (Å²) in [4.78, 5) is 13.5. The number of carbonyl (C=O) groups is 1. The van der Waals surface area contributed by atoms with E-state index in [9.17, 15) is 4.79 Å². The maximum absolute atomic E-state index is 13.5. The molecule has 2 heterocycles. The molecule has 2 aliphatic heterocycles. The third kappa shape index (κ3) is 2.15. The number of rotatable bonds is 0. The third-order valence-electron chi connectivity index (χ3n) is 10.1. The fourth-order valence-corrected chi connectivity index (χ4v) is 8.62. The van der Waals surface area contributed by atoms with Crippen LogP contribution in [0.1, 0.15) is 65.2 Å². The lowest BCUT2D eigenvalue weighted by atomic mass is 9.44. The number of ketones is 1. The Morgan fingerprint density at radius 3 is 2.25 bits per heavy atom. The van der Waals surface area contributed by atoms with Gasteiger partial charge in [-0.2, -0.15) is 0 Å². The van der Waals surface area contributed by atoms with Gasteiger partial charge in [-0.3, -0.25) is 4.79 Å². The average Bonchev–Trinajstić information content (AvgIpc) is 3.39. The first kappa shape index (κ1) is 18.3. The van der Waals surface area contributed by atoms with E-state index in [4.69, 9.17) is 18.9 Å². The highest BCUT2D eigenvalue weighted by Crippen LogP contribution is 2.69. The Morgan fingerprint density at radius 1 is 0.821 bits per heavy atom.